The lowest BCUT2D eigenvalue weighted by Crippen LogP contribution is -1.92. The first-order chi connectivity index (χ1) is 6.83. The van der Waals surface area contributed by atoms with Crippen molar-refractivity contribution in [1.29, 1.82) is 5.26 Å². The predicted molar refractivity (Wildman–Crippen MR) is 55.8 cm³/mol. The first-order valence-electron chi connectivity index (χ1n) is 4.55. The van der Waals surface area contributed by atoms with Crippen LogP contribution in [0, 0.1) is 11.3 Å². The molecule has 1 atom stereocenters. The third kappa shape index (κ3) is 1.33. The predicted octanol–water partition coefficient (Wildman–Crippen LogP) is 2.86. The highest BCUT2D eigenvalue weighted by Gasteiger charge is 2.07. The molecule has 0 amide bonds. The summed E-state index contributed by atoms with van der Waals surface area (Å²) >= 11 is 0. The maximum atomic E-state index is 8.87. The number of benzene rings is 1. The number of hydrogen-bond acceptors (Lipinski definition) is 2. The van der Waals surface area contributed by atoms with Gasteiger partial charge in [0.2, 0.25) is 0 Å². The van der Waals surface area contributed by atoms with Gasteiger partial charge in [-0.25, -0.2) is 0 Å². The van der Waals surface area contributed by atoms with Crippen molar-refractivity contribution < 1.29 is 0 Å². The number of nitrogens with zero attached hydrogens (tertiary/aromatic N) is 2. The molecule has 0 bridgehead atoms. The smallest absolute Gasteiger partial charge is 0.0705 e. The van der Waals surface area contributed by atoms with Crippen molar-refractivity contribution in [3.05, 3.63) is 42.2 Å². The van der Waals surface area contributed by atoms with Crippen molar-refractivity contribution in [1.82, 2.24) is 4.98 Å². The van der Waals surface area contributed by atoms with E-state index in [4.69, 9.17) is 5.26 Å². The van der Waals surface area contributed by atoms with E-state index in [9.17, 15) is 0 Å². The second kappa shape index (κ2) is 3.47. The molecule has 0 aliphatic carbocycles. The minimum Gasteiger partial charge on any atom is -0.264 e. The molecule has 0 saturated carbocycles. The molecule has 2 nitrogen and oxygen atoms in total. The van der Waals surface area contributed by atoms with Gasteiger partial charge in [-0.2, -0.15) is 5.26 Å². The van der Waals surface area contributed by atoms with Crippen LogP contribution in [-0.4, -0.2) is 4.98 Å². The van der Waals surface area contributed by atoms with Crippen LogP contribution in [0.25, 0.3) is 10.8 Å². The third-order valence-electron chi connectivity index (χ3n) is 2.36. The molecule has 0 aliphatic heterocycles. The number of nitriles is 1. The monoisotopic (exact) mass is 182 g/mol. The van der Waals surface area contributed by atoms with E-state index in [1.54, 1.807) is 6.20 Å². The number of aromatic nitrogens is 1. The van der Waals surface area contributed by atoms with Gasteiger partial charge in [0.15, 0.2) is 0 Å². The molecule has 1 heterocycles. The molecule has 2 rings (SSSR count). The molecule has 0 N–H and O–H groups in total. The Kier molecular flexibility index (Phi) is 2.16. The molecule has 1 aromatic carbocycles. The fourth-order valence-corrected chi connectivity index (χ4v) is 1.55. The second-order valence-electron chi connectivity index (χ2n) is 3.30. The SMILES string of the molecule is C[C@H](C#N)c1cncc2ccccc12. The summed E-state index contributed by atoms with van der Waals surface area (Å²) in [6.45, 7) is 1.89. The molecule has 0 fully saturated rings. The molecule has 2 aromatic rings. The molecule has 14 heavy (non-hydrogen) atoms. The number of fused-ring (bicyclic) bond motifs is 1. The van der Waals surface area contributed by atoms with Gasteiger partial charge >= 0.3 is 0 Å². The zero-order valence-electron chi connectivity index (χ0n) is 7.94. The summed E-state index contributed by atoms with van der Waals surface area (Å²) < 4.78 is 0. The molecule has 68 valence electrons. The molecular formula is C12H10N2. The van der Waals surface area contributed by atoms with Crippen molar-refractivity contribution in [3.8, 4) is 6.07 Å². The van der Waals surface area contributed by atoms with Crippen molar-refractivity contribution in [2.24, 2.45) is 0 Å². The Hall–Kier alpha value is -1.88. The maximum absolute atomic E-state index is 8.87. The van der Waals surface area contributed by atoms with Gasteiger partial charge in [-0.05, 0) is 17.9 Å². The summed E-state index contributed by atoms with van der Waals surface area (Å²) in [5, 5.41) is 11.1. The summed E-state index contributed by atoms with van der Waals surface area (Å²) in [6.07, 6.45) is 3.60. The van der Waals surface area contributed by atoms with Crippen LogP contribution < -0.4 is 0 Å². The highest BCUT2D eigenvalue weighted by molar-refractivity contribution is 5.85. The second-order valence-corrected chi connectivity index (χ2v) is 3.30. The minimum absolute atomic E-state index is 0.103. The third-order valence-corrected chi connectivity index (χ3v) is 2.36. The fourth-order valence-electron chi connectivity index (χ4n) is 1.55. The van der Waals surface area contributed by atoms with Crippen LogP contribution in [0.1, 0.15) is 18.4 Å². The average Bonchev–Trinajstić information content (AvgIpc) is 2.27. The average molecular weight is 182 g/mol. The molecule has 0 radical (unpaired) electrons. The van der Waals surface area contributed by atoms with Crippen LogP contribution in [0.3, 0.4) is 0 Å². The Bertz CT molecular complexity index is 492. The first-order valence-corrected chi connectivity index (χ1v) is 4.55. The van der Waals surface area contributed by atoms with Gasteiger partial charge < -0.3 is 0 Å². The van der Waals surface area contributed by atoms with Crippen LogP contribution in [0.15, 0.2) is 36.7 Å². The lowest BCUT2D eigenvalue weighted by Gasteiger charge is -2.06. The van der Waals surface area contributed by atoms with E-state index >= 15 is 0 Å². The van der Waals surface area contributed by atoms with E-state index in [1.165, 1.54) is 0 Å². The topological polar surface area (TPSA) is 36.7 Å². The Morgan fingerprint density at radius 1 is 1.29 bits per heavy atom. The normalized spacial score (nSPS) is 12.3. The standard InChI is InChI=1S/C12H10N2/c1-9(6-13)12-8-14-7-10-4-2-3-5-11(10)12/h2-5,7-9H,1H3/t9-/m1/s1. The lowest BCUT2D eigenvalue weighted by atomic mass is 9.99. The Labute approximate surface area is 82.8 Å². The first kappa shape index (κ1) is 8.71. The van der Waals surface area contributed by atoms with E-state index in [0.717, 1.165) is 16.3 Å². The number of pyridine rings is 1. The van der Waals surface area contributed by atoms with Crippen LogP contribution in [-0.2, 0) is 0 Å². The largest absolute Gasteiger partial charge is 0.264 e. The Morgan fingerprint density at radius 3 is 2.86 bits per heavy atom. The summed E-state index contributed by atoms with van der Waals surface area (Å²) in [6, 6.07) is 10.2. The van der Waals surface area contributed by atoms with Crippen LogP contribution in [0.4, 0.5) is 0 Å². The van der Waals surface area contributed by atoms with Crippen molar-refractivity contribution in [2.75, 3.05) is 0 Å². The van der Waals surface area contributed by atoms with Gasteiger partial charge in [0.25, 0.3) is 0 Å². The van der Waals surface area contributed by atoms with Crippen molar-refractivity contribution in [2.45, 2.75) is 12.8 Å². The number of rotatable bonds is 1. The van der Waals surface area contributed by atoms with E-state index in [1.807, 2.05) is 37.4 Å². The summed E-state index contributed by atoms with van der Waals surface area (Å²) in [7, 11) is 0. The van der Waals surface area contributed by atoms with Gasteiger partial charge in [-0.1, -0.05) is 24.3 Å². The van der Waals surface area contributed by atoms with Crippen molar-refractivity contribution in [3.63, 3.8) is 0 Å². The maximum Gasteiger partial charge on any atom is 0.0705 e. The van der Waals surface area contributed by atoms with Crippen LogP contribution in [0.2, 0.25) is 0 Å². The fraction of sp³-hybridized carbons (Fsp3) is 0.167. The van der Waals surface area contributed by atoms with Gasteiger partial charge in [0, 0.05) is 17.8 Å². The Morgan fingerprint density at radius 2 is 2.07 bits per heavy atom. The van der Waals surface area contributed by atoms with Crippen LogP contribution >= 0.6 is 0 Å². The molecular weight excluding hydrogens is 172 g/mol. The van der Waals surface area contributed by atoms with Gasteiger partial charge in [-0.3, -0.25) is 4.98 Å². The van der Waals surface area contributed by atoms with E-state index < -0.39 is 0 Å². The van der Waals surface area contributed by atoms with Crippen molar-refractivity contribution >= 4 is 10.8 Å². The zero-order valence-corrected chi connectivity index (χ0v) is 7.94. The number of hydrogen-bond donors (Lipinski definition) is 0. The molecule has 2 heteroatoms. The molecule has 0 spiro atoms. The van der Waals surface area contributed by atoms with E-state index in [2.05, 4.69) is 11.1 Å². The van der Waals surface area contributed by atoms with E-state index in [-0.39, 0.29) is 5.92 Å². The van der Waals surface area contributed by atoms with Gasteiger partial charge in [0.05, 0.1) is 12.0 Å². The summed E-state index contributed by atoms with van der Waals surface area (Å²) in [5.41, 5.74) is 1.01. The molecule has 0 saturated heterocycles. The zero-order chi connectivity index (χ0) is 9.97. The highest BCUT2D eigenvalue weighted by atomic mass is 14.6. The molecule has 0 aliphatic rings. The van der Waals surface area contributed by atoms with E-state index in [0.29, 0.717) is 0 Å². The Balaban J connectivity index is 2.72. The highest BCUT2D eigenvalue weighted by Crippen LogP contribution is 2.23. The van der Waals surface area contributed by atoms with Crippen LogP contribution in [0.5, 0.6) is 0 Å². The lowest BCUT2D eigenvalue weighted by molar-refractivity contribution is 0.981. The molecule has 1 aromatic heterocycles. The van der Waals surface area contributed by atoms with Gasteiger partial charge in [0.1, 0.15) is 0 Å². The quantitative estimate of drug-likeness (QED) is 0.680. The summed E-state index contributed by atoms with van der Waals surface area (Å²) in [4.78, 5) is 4.13. The minimum atomic E-state index is -0.103. The summed E-state index contributed by atoms with van der Waals surface area (Å²) in [5.74, 6) is -0.103. The van der Waals surface area contributed by atoms with Gasteiger partial charge in [-0.15, -0.1) is 0 Å². The molecule has 0 unspecified atom stereocenters.